The lowest BCUT2D eigenvalue weighted by Gasteiger charge is -2.42. The first kappa shape index (κ1) is 15.4. The number of halogens is 4. The molecular formula is C12H13ClF3NO2S. The normalized spacial score (nSPS) is 18.4. The molecule has 0 amide bonds. The van der Waals surface area contributed by atoms with E-state index in [2.05, 4.69) is 5.32 Å². The van der Waals surface area contributed by atoms with E-state index in [1.807, 2.05) is 0 Å². The van der Waals surface area contributed by atoms with Crippen LogP contribution in [0.2, 0.25) is 0 Å². The highest BCUT2D eigenvalue weighted by atomic mass is 35.5. The molecule has 1 fully saturated rings. The molecule has 0 spiro atoms. The van der Waals surface area contributed by atoms with E-state index in [-0.39, 0.29) is 5.54 Å². The number of hydrogen-bond acceptors (Lipinski definition) is 3. The van der Waals surface area contributed by atoms with Crippen molar-refractivity contribution in [2.24, 2.45) is 0 Å². The van der Waals surface area contributed by atoms with Crippen LogP contribution in [0.1, 0.15) is 19.3 Å². The van der Waals surface area contributed by atoms with Crippen LogP contribution in [0.4, 0.5) is 18.9 Å². The predicted molar refractivity (Wildman–Crippen MR) is 70.6 cm³/mol. The molecule has 0 atom stereocenters. The van der Waals surface area contributed by atoms with Gasteiger partial charge >= 0.3 is 5.51 Å². The molecule has 0 saturated heterocycles. The van der Waals surface area contributed by atoms with Crippen molar-refractivity contribution in [3.05, 3.63) is 24.3 Å². The van der Waals surface area contributed by atoms with Gasteiger partial charge in [-0.1, -0.05) is 0 Å². The molecule has 0 radical (unpaired) electrons. The average molecular weight is 328 g/mol. The third-order valence-electron chi connectivity index (χ3n) is 3.45. The standard InChI is InChI=1S/C12H13ClF3NO2S/c13-8-11(6-1-7-11)17-9-2-4-10(5-3-9)20(18,19)12(14,15)16/h2-5,17H,1,6-8H2. The fourth-order valence-corrected chi connectivity index (χ4v) is 3.15. The van der Waals surface area contributed by atoms with E-state index in [9.17, 15) is 21.6 Å². The smallest absolute Gasteiger partial charge is 0.378 e. The number of hydrogen-bond donors (Lipinski definition) is 1. The van der Waals surface area contributed by atoms with Gasteiger partial charge in [-0.3, -0.25) is 0 Å². The Labute approximate surface area is 120 Å². The van der Waals surface area contributed by atoms with Gasteiger partial charge in [0.15, 0.2) is 0 Å². The van der Waals surface area contributed by atoms with Crippen molar-refractivity contribution in [1.29, 1.82) is 0 Å². The molecule has 112 valence electrons. The summed E-state index contributed by atoms with van der Waals surface area (Å²) in [5.41, 5.74) is -4.95. The van der Waals surface area contributed by atoms with Crippen molar-refractivity contribution in [2.45, 2.75) is 35.2 Å². The van der Waals surface area contributed by atoms with E-state index in [0.29, 0.717) is 11.6 Å². The lowest BCUT2D eigenvalue weighted by atomic mass is 9.78. The summed E-state index contributed by atoms with van der Waals surface area (Å²) in [6, 6.07) is 4.55. The van der Waals surface area contributed by atoms with Crippen LogP contribution in [0.15, 0.2) is 29.2 Å². The molecule has 1 aromatic carbocycles. The van der Waals surface area contributed by atoms with Gasteiger partial charge in [0.05, 0.1) is 10.4 Å². The maximum absolute atomic E-state index is 12.4. The van der Waals surface area contributed by atoms with Crippen LogP contribution in [0.25, 0.3) is 0 Å². The molecule has 8 heteroatoms. The lowest BCUT2D eigenvalue weighted by Crippen LogP contribution is -2.46. The Morgan fingerprint density at radius 2 is 1.75 bits per heavy atom. The van der Waals surface area contributed by atoms with Gasteiger partial charge in [-0.05, 0) is 43.5 Å². The zero-order valence-corrected chi connectivity index (χ0v) is 11.9. The summed E-state index contributed by atoms with van der Waals surface area (Å²) in [6.45, 7) is 0. The molecule has 3 nitrogen and oxygen atoms in total. The molecule has 1 aromatic rings. The molecule has 1 saturated carbocycles. The Morgan fingerprint density at radius 3 is 2.10 bits per heavy atom. The fraction of sp³-hybridized carbons (Fsp3) is 0.500. The number of alkyl halides is 4. The Kier molecular flexibility index (Phi) is 3.94. The highest BCUT2D eigenvalue weighted by Crippen LogP contribution is 2.37. The van der Waals surface area contributed by atoms with E-state index in [1.165, 1.54) is 12.1 Å². The molecule has 1 aliphatic rings. The molecule has 1 aliphatic carbocycles. The van der Waals surface area contributed by atoms with Crippen LogP contribution in [0, 0.1) is 0 Å². The second-order valence-electron chi connectivity index (χ2n) is 4.87. The first-order valence-corrected chi connectivity index (χ1v) is 7.98. The van der Waals surface area contributed by atoms with Gasteiger partial charge in [0.25, 0.3) is 9.84 Å². The monoisotopic (exact) mass is 327 g/mol. The Hall–Kier alpha value is -0.950. The SMILES string of the molecule is O=S(=O)(c1ccc(NC2(CCl)CCC2)cc1)C(F)(F)F. The minimum Gasteiger partial charge on any atom is -0.378 e. The number of anilines is 1. The predicted octanol–water partition coefficient (Wildman–Crippen LogP) is 3.55. The number of nitrogens with one attached hydrogen (secondary N) is 1. The van der Waals surface area contributed by atoms with E-state index < -0.39 is 20.2 Å². The summed E-state index contributed by atoms with van der Waals surface area (Å²) in [5, 5.41) is 3.15. The van der Waals surface area contributed by atoms with E-state index in [0.717, 1.165) is 31.4 Å². The van der Waals surface area contributed by atoms with Crippen molar-refractivity contribution < 1.29 is 21.6 Å². The van der Waals surface area contributed by atoms with Gasteiger partial charge in [0.1, 0.15) is 0 Å². The van der Waals surface area contributed by atoms with Crippen LogP contribution < -0.4 is 5.32 Å². The van der Waals surface area contributed by atoms with Crippen LogP contribution in [-0.2, 0) is 9.84 Å². The zero-order chi connectivity index (χ0) is 15.0. The molecule has 1 N–H and O–H groups in total. The van der Waals surface area contributed by atoms with Crippen LogP contribution in [-0.4, -0.2) is 25.3 Å². The number of sulfone groups is 1. The Bertz CT molecular complexity index is 574. The van der Waals surface area contributed by atoms with Crippen LogP contribution >= 0.6 is 11.6 Å². The van der Waals surface area contributed by atoms with Gasteiger partial charge in [0.2, 0.25) is 0 Å². The van der Waals surface area contributed by atoms with Gasteiger partial charge < -0.3 is 5.32 Å². The van der Waals surface area contributed by atoms with Gasteiger partial charge in [0, 0.05) is 11.6 Å². The third kappa shape index (κ3) is 2.74. The second kappa shape index (κ2) is 5.11. The minimum atomic E-state index is -5.29. The molecule has 0 heterocycles. The quantitative estimate of drug-likeness (QED) is 0.860. The third-order valence-corrected chi connectivity index (χ3v) is 5.46. The average Bonchev–Trinajstić information content (AvgIpc) is 2.33. The van der Waals surface area contributed by atoms with Crippen molar-refractivity contribution >= 4 is 27.1 Å². The van der Waals surface area contributed by atoms with E-state index >= 15 is 0 Å². The Balaban J connectivity index is 2.19. The topological polar surface area (TPSA) is 46.2 Å². The molecule has 2 rings (SSSR count). The summed E-state index contributed by atoms with van der Waals surface area (Å²) in [5.74, 6) is 0.398. The molecule has 0 unspecified atom stereocenters. The molecule has 0 aliphatic heterocycles. The van der Waals surface area contributed by atoms with E-state index in [1.54, 1.807) is 0 Å². The molecular weight excluding hydrogens is 315 g/mol. The highest BCUT2D eigenvalue weighted by Gasteiger charge is 2.46. The van der Waals surface area contributed by atoms with Gasteiger partial charge in [-0.2, -0.15) is 13.2 Å². The van der Waals surface area contributed by atoms with Crippen LogP contribution in [0.3, 0.4) is 0 Å². The first-order valence-electron chi connectivity index (χ1n) is 5.96. The molecule has 0 aromatic heterocycles. The van der Waals surface area contributed by atoms with Crippen molar-refractivity contribution in [1.82, 2.24) is 0 Å². The number of benzene rings is 1. The summed E-state index contributed by atoms with van der Waals surface area (Å²) in [4.78, 5) is -0.760. The van der Waals surface area contributed by atoms with Gasteiger partial charge in [-0.15, -0.1) is 11.6 Å². The van der Waals surface area contributed by atoms with Crippen molar-refractivity contribution in [3.8, 4) is 0 Å². The van der Waals surface area contributed by atoms with Crippen molar-refractivity contribution in [2.75, 3.05) is 11.2 Å². The summed E-state index contributed by atoms with van der Waals surface area (Å²) >= 11 is 5.87. The Morgan fingerprint density at radius 1 is 1.20 bits per heavy atom. The summed E-state index contributed by atoms with van der Waals surface area (Å²) in [6.07, 6.45) is 2.82. The molecule has 0 bridgehead atoms. The summed E-state index contributed by atoms with van der Waals surface area (Å²) in [7, 11) is -5.29. The van der Waals surface area contributed by atoms with Crippen LogP contribution in [0.5, 0.6) is 0 Å². The van der Waals surface area contributed by atoms with E-state index in [4.69, 9.17) is 11.6 Å². The first-order chi connectivity index (χ1) is 9.20. The largest absolute Gasteiger partial charge is 0.501 e. The molecule has 20 heavy (non-hydrogen) atoms. The van der Waals surface area contributed by atoms with Crippen molar-refractivity contribution in [3.63, 3.8) is 0 Å². The lowest BCUT2D eigenvalue weighted by molar-refractivity contribution is -0.0436. The zero-order valence-electron chi connectivity index (χ0n) is 10.4. The minimum absolute atomic E-state index is 0.230. The maximum atomic E-state index is 12.4. The summed E-state index contributed by atoms with van der Waals surface area (Å²) < 4.78 is 59.6. The fourth-order valence-electron chi connectivity index (χ4n) is 2.05. The maximum Gasteiger partial charge on any atom is 0.501 e. The van der Waals surface area contributed by atoms with Gasteiger partial charge in [-0.25, -0.2) is 8.42 Å². The second-order valence-corrected chi connectivity index (χ2v) is 7.07. The highest BCUT2D eigenvalue weighted by molar-refractivity contribution is 7.92. The number of rotatable bonds is 4.